The summed E-state index contributed by atoms with van der Waals surface area (Å²) >= 11 is 6.10. The Labute approximate surface area is 195 Å². The van der Waals surface area contributed by atoms with Gasteiger partial charge in [-0.25, -0.2) is 0 Å². The zero-order valence-electron chi connectivity index (χ0n) is 17.4. The number of halogens is 3. The normalized spacial score (nSPS) is 11.9. The van der Waals surface area contributed by atoms with E-state index in [0.29, 0.717) is 11.6 Å². The number of hydrogen-bond acceptors (Lipinski definition) is 5. The van der Waals surface area contributed by atoms with E-state index in [1.54, 1.807) is 20.4 Å². The van der Waals surface area contributed by atoms with E-state index in [1.165, 1.54) is 0 Å². The van der Waals surface area contributed by atoms with E-state index < -0.39 is 0 Å². The van der Waals surface area contributed by atoms with Crippen LogP contribution in [0.25, 0.3) is 10.9 Å². The molecule has 0 saturated carbocycles. The Morgan fingerprint density at radius 3 is 2.47 bits per heavy atom. The largest absolute Gasteiger partial charge is 0.497 e. The first kappa shape index (κ1) is 26.3. The first-order chi connectivity index (χ1) is 13.4. The van der Waals surface area contributed by atoms with Crippen LogP contribution < -0.4 is 20.5 Å². The Hall–Kier alpha value is -1.76. The van der Waals surface area contributed by atoms with E-state index in [4.69, 9.17) is 26.8 Å². The molecular weight excluding hydrogens is 445 g/mol. The summed E-state index contributed by atoms with van der Waals surface area (Å²) in [5, 5.41) is 5.24. The van der Waals surface area contributed by atoms with Crippen LogP contribution in [-0.2, 0) is 6.54 Å². The van der Waals surface area contributed by atoms with Crippen LogP contribution in [0.5, 0.6) is 11.5 Å². The summed E-state index contributed by atoms with van der Waals surface area (Å²) in [7, 11) is 3.30. The van der Waals surface area contributed by atoms with Gasteiger partial charge in [0, 0.05) is 46.4 Å². The molecule has 1 heterocycles. The summed E-state index contributed by atoms with van der Waals surface area (Å²) in [6, 6.07) is 13.2. The first-order valence-corrected chi connectivity index (χ1v) is 9.49. The van der Waals surface area contributed by atoms with Gasteiger partial charge in [-0.05, 0) is 43.7 Å². The fourth-order valence-corrected chi connectivity index (χ4v) is 3.40. The van der Waals surface area contributed by atoms with Crippen molar-refractivity contribution in [3.8, 4) is 11.5 Å². The molecule has 0 amide bonds. The first-order valence-electron chi connectivity index (χ1n) is 9.11. The quantitative estimate of drug-likeness (QED) is 0.487. The molecule has 0 aliphatic rings. The summed E-state index contributed by atoms with van der Waals surface area (Å²) < 4.78 is 10.8. The number of nitrogens with two attached hydrogens (primary N) is 1. The van der Waals surface area contributed by atoms with Crippen LogP contribution in [0.2, 0.25) is 5.02 Å². The molecule has 2 aromatic carbocycles. The molecule has 1 aromatic heterocycles. The van der Waals surface area contributed by atoms with Gasteiger partial charge in [-0.3, -0.25) is 4.98 Å². The number of nitrogens with one attached hydrogen (secondary N) is 1. The van der Waals surface area contributed by atoms with Crippen molar-refractivity contribution in [2.75, 3.05) is 14.2 Å². The SMILES string of the molecule is COc1ccc(CNC(C)(C)C(N)c2ccnc3cc(Cl)ccc23)c(OC)c1.Cl.Cl. The molecule has 0 bridgehead atoms. The van der Waals surface area contributed by atoms with Crippen LogP contribution in [0.3, 0.4) is 0 Å². The minimum Gasteiger partial charge on any atom is -0.497 e. The predicted molar refractivity (Wildman–Crippen MR) is 129 cm³/mol. The lowest BCUT2D eigenvalue weighted by atomic mass is 9.87. The molecule has 8 heteroatoms. The Morgan fingerprint density at radius 2 is 1.80 bits per heavy atom. The van der Waals surface area contributed by atoms with Gasteiger partial charge in [0.1, 0.15) is 11.5 Å². The highest BCUT2D eigenvalue weighted by molar-refractivity contribution is 6.31. The van der Waals surface area contributed by atoms with E-state index in [9.17, 15) is 0 Å². The number of benzene rings is 2. The number of pyridine rings is 1. The summed E-state index contributed by atoms with van der Waals surface area (Å²) in [6.07, 6.45) is 1.77. The van der Waals surface area contributed by atoms with Crippen LogP contribution in [-0.4, -0.2) is 24.7 Å². The molecule has 1 atom stereocenters. The number of methoxy groups -OCH3 is 2. The van der Waals surface area contributed by atoms with Crippen molar-refractivity contribution in [1.29, 1.82) is 0 Å². The van der Waals surface area contributed by atoms with Crippen LogP contribution in [0.15, 0.2) is 48.7 Å². The van der Waals surface area contributed by atoms with Gasteiger partial charge in [0.25, 0.3) is 0 Å². The maximum absolute atomic E-state index is 6.68. The van der Waals surface area contributed by atoms with Crippen molar-refractivity contribution in [3.05, 3.63) is 64.8 Å². The maximum atomic E-state index is 6.68. The molecule has 0 radical (unpaired) electrons. The van der Waals surface area contributed by atoms with Gasteiger partial charge in [-0.15, -0.1) is 24.8 Å². The molecule has 0 fully saturated rings. The van der Waals surface area contributed by atoms with Gasteiger partial charge in [-0.1, -0.05) is 23.7 Å². The molecule has 3 N–H and O–H groups in total. The smallest absolute Gasteiger partial charge is 0.127 e. The van der Waals surface area contributed by atoms with Crippen molar-refractivity contribution in [2.24, 2.45) is 5.73 Å². The van der Waals surface area contributed by atoms with Crippen molar-refractivity contribution in [2.45, 2.75) is 32.0 Å². The predicted octanol–water partition coefficient (Wildman–Crippen LogP) is 5.32. The monoisotopic (exact) mass is 471 g/mol. The number of aromatic nitrogens is 1. The highest BCUT2D eigenvalue weighted by atomic mass is 35.5. The summed E-state index contributed by atoms with van der Waals surface area (Å²) in [6.45, 7) is 4.80. The van der Waals surface area contributed by atoms with Crippen LogP contribution in [0.1, 0.15) is 31.0 Å². The highest BCUT2D eigenvalue weighted by Gasteiger charge is 2.29. The van der Waals surface area contributed by atoms with E-state index >= 15 is 0 Å². The van der Waals surface area contributed by atoms with E-state index in [-0.39, 0.29) is 36.4 Å². The van der Waals surface area contributed by atoms with E-state index in [0.717, 1.165) is 33.5 Å². The topological polar surface area (TPSA) is 69.4 Å². The highest BCUT2D eigenvalue weighted by Crippen LogP contribution is 2.31. The average molecular weight is 473 g/mol. The third-order valence-corrected chi connectivity index (χ3v) is 5.31. The molecule has 30 heavy (non-hydrogen) atoms. The third kappa shape index (κ3) is 5.68. The Kier molecular flexibility index (Phi) is 9.66. The lowest BCUT2D eigenvalue weighted by molar-refractivity contribution is 0.318. The van der Waals surface area contributed by atoms with Crippen LogP contribution in [0, 0.1) is 0 Å². The van der Waals surface area contributed by atoms with Gasteiger partial charge >= 0.3 is 0 Å². The minimum absolute atomic E-state index is 0. The number of fused-ring (bicyclic) bond motifs is 1. The molecule has 0 aliphatic heterocycles. The van der Waals surface area contributed by atoms with Gasteiger partial charge in [0.15, 0.2) is 0 Å². The second kappa shape index (κ2) is 11.0. The standard InChI is InChI=1S/C22H26ClN3O2.2ClH/c1-22(2,26-13-14-5-7-16(27-3)12-20(14)28-4)21(24)18-9-10-25-19-11-15(23)6-8-17(18)19;;/h5-12,21,26H,13,24H2,1-4H3;2*1H. The van der Waals surface area contributed by atoms with Crippen molar-refractivity contribution in [3.63, 3.8) is 0 Å². The number of rotatable bonds is 7. The van der Waals surface area contributed by atoms with Crippen molar-refractivity contribution >= 4 is 47.3 Å². The lowest BCUT2D eigenvalue weighted by Crippen LogP contribution is -2.48. The Morgan fingerprint density at radius 1 is 1.07 bits per heavy atom. The third-order valence-electron chi connectivity index (χ3n) is 5.08. The zero-order valence-corrected chi connectivity index (χ0v) is 19.8. The minimum atomic E-state index is -0.376. The van der Waals surface area contributed by atoms with E-state index in [1.807, 2.05) is 42.5 Å². The van der Waals surface area contributed by atoms with Gasteiger partial charge < -0.3 is 20.5 Å². The summed E-state index contributed by atoms with van der Waals surface area (Å²) in [5.41, 5.74) is 9.21. The Balaban J connectivity index is 0.00000225. The van der Waals surface area contributed by atoms with Crippen LogP contribution in [0.4, 0.5) is 0 Å². The maximum Gasteiger partial charge on any atom is 0.127 e. The lowest BCUT2D eigenvalue weighted by Gasteiger charge is -2.34. The molecule has 3 aromatic rings. The molecule has 3 rings (SSSR count). The second-order valence-electron chi connectivity index (χ2n) is 7.29. The molecule has 0 spiro atoms. The molecule has 5 nitrogen and oxygen atoms in total. The second-order valence-corrected chi connectivity index (χ2v) is 7.73. The van der Waals surface area contributed by atoms with Gasteiger partial charge in [-0.2, -0.15) is 0 Å². The molecular formula is C22H28Cl3N3O2. The van der Waals surface area contributed by atoms with Gasteiger partial charge in [0.2, 0.25) is 0 Å². The molecule has 0 aliphatic carbocycles. The van der Waals surface area contributed by atoms with Crippen molar-refractivity contribution < 1.29 is 9.47 Å². The molecule has 0 saturated heterocycles. The number of nitrogens with zero attached hydrogens (tertiary/aromatic N) is 1. The van der Waals surface area contributed by atoms with Crippen molar-refractivity contribution in [1.82, 2.24) is 10.3 Å². The fourth-order valence-electron chi connectivity index (χ4n) is 3.23. The van der Waals surface area contributed by atoms with E-state index in [2.05, 4.69) is 24.1 Å². The van der Waals surface area contributed by atoms with Crippen LogP contribution >= 0.6 is 36.4 Å². The number of ether oxygens (including phenoxy) is 2. The van der Waals surface area contributed by atoms with Gasteiger partial charge in [0.05, 0.1) is 19.7 Å². The number of hydrogen-bond donors (Lipinski definition) is 2. The molecule has 164 valence electrons. The average Bonchev–Trinajstić information content (AvgIpc) is 2.70. The zero-order chi connectivity index (χ0) is 20.3. The Bertz CT molecular complexity index is 983. The summed E-state index contributed by atoms with van der Waals surface area (Å²) in [5.74, 6) is 1.54. The molecule has 1 unspecified atom stereocenters. The summed E-state index contributed by atoms with van der Waals surface area (Å²) in [4.78, 5) is 4.41. The fraction of sp³-hybridized carbons (Fsp3) is 0.318.